The summed E-state index contributed by atoms with van der Waals surface area (Å²) in [7, 11) is 1.72. The summed E-state index contributed by atoms with van der Waals surface area (Å²) >= 11 is 5.08. The molecule has 0 N–H and O–H groups in total. The molecule has 2 nitrogen and oxygen atoms in total. The van der Waals surface area contributed by atoms with Crippen molar-refractivity contribution in [3.05, 3.63) is 20.8 Å². The predicted molar refractivity (Wildman–Crippen MR) is 68.9 cm³/mol. The molecule has 0 amide bonds. The van der Waals surface area contributed by atoms with Crippen LogP contribution in [0.25, 0.3) is 0 Å². The maximum atomic E-state index is 11.9. The Hall–Kier alpha value is -0.190. The van der Waals surface area contributed by atoms with Crippen molar-refractivity contribution in [3.8, 4) is 0 Å². The number of Topliss-reactive ketones (excluding diaryl/α,β-unsaturated/α-hetero) is 1. The predicted octanol–water partition coefficient (Wildman–Crippen LogP) is 3.58. The Morgan fingerprint density at radius 3 is 2.81 bits per heavy atom. The van der Waals surface area contributed by atoms with Gasteiger partial charge in [0, 0.05) is 29.3 Å². The maximum absolute atomic E-state index is 11.9. The van der Waals surface area contributed by atoms with Gasteiger partial charge in [0.1, 0.15) is 5.78 Å². The molecule has 1 aliphatic carbocycles. The van der Waals surface area contributed by atoms with Crippen LogP contribution in [0.1, 0.15) is 30.6 Å². The van der Waals surface area contributed by atoms with Crippen molar-refractivity contribution in [2.24, 2.45) is 0 Å². The minimum absolute atomic E-state index is 0.138. The number of halogens is 1. The number of hydrogen-bond acceptors (Lipinski definition) is 3. The fourth-order valence-electron chi connectivity index (χ4n) is 2.08. The summed E-state index contributed by atoms with van der Waals surface area (Å²) in [4.78, 5) is 13.1. The molecule has 1 fully saturated rings. The van der Waals surface area contributed by atoms with Crippen LogP contribution >= 0.6 is 27.3 Å². The molecule has 0 radical (unpaired) electrons. The van der Waals surface area contributed by atoms with Gasteiger partial charge in [-0.1, -0.05) is 0 Å². The van der Waals surface area contributed by atoms with Gasteiger partial charge in [0.2, 0.25) is 0 Å². The van der Waals surface area contributed by atoms with Crippen molar-refractivity contribution in [2.45, 2.75) is 37.7 Å². The zero-order valence-electron chi connectivity index (χ0n) is 9.29. The molecule has 1 heterocycles. The number of carbonyl (C=O) groups excluding carboxylic acids is 1. The summed E-state index contributed by atoms with van der Waals surface area (Å²) < 4.78 is 6.51. The molecular formula is C12H15BrO2S. The minimum atomic E-state index is -0.138. The van der Waals surface area contributed by atoms with Crippen LogP contribution in [0, 0.1) is 0 Å². The third-order valence-electron chi connectivity index (χ3n) is 3.27. The Morgan fingerprint density at radius 1 is 1.62 bits per heavy atom. The molecule has 0 spiro atoms. The van der Waals surface area contributed by atoms with Crippen LogP contribution in [0.5, 0.6) is 0 Å². The number of methoxy groups -OCH3 is 1. The van der Waals surface area contributed by atoms with E-state index < -0.39 is 0 Å². The zero-order chi connectivity index (χ0) is 11.6. The molecule has 0 saturated heterocycles. The van der Waals surface area contributed by atoms with Gasteiger partial charge in [0.05, 0.1) is 5.60 Å². The first-order valence-corrected chi connectivity index (χ1v) is 7.11. The lowest BCUT2D eigenvalue weighted by atomic mass is 9.76. The van der Waals surface area contributed by atoms with Crippen molar-refractivity contribution >= 4 is 33.0 Å². The molecule has 1 aromatic heterocycles. The molecule has 1 saturated carbocycles. The van der Waals surface area contributed by atoms with E-state index in [4.69, 9.17) is 4.74 Å². The van der Waals surface area contributed by atoms with Crippen molar-refractivity contribution < 1.29 is 9.53 Å². The molecule has 16 heavy (non-hydrogen) atoms. The first kappa shape index (κ1) is 12.3. The molecule has 4 heteroatoms. The molecule has 88 valence electrons. The summed E-state index contributed by atoms with van der Waals surface area (Å²) in [6.07, 6.45) is 4.34. The highest BCUT2D eigenvalue weighted by Crippen LogP contribution is 2.38. The lowest BCUT2D eigenvalue weighted by Crippen LogP contribution is -2.41. The lowest BCUT2D eigenvalue weighted by molar-refractivity contribution is -0.131. The number of hydrogen-bond donors (Lipinski definition) is 0. The Balaban J connectivity index is 1.92. The molecule has 1 aromatic rings. The Labute approximate surface area is 108 Å². The van der Waals surface area contributed by atoms with Crippen LogP contribution in [0.3, 0.4) is 0 Å². The van der Waals surface area contributed by atoms with E-state index in [1.54, 1.807) is 18.4 Å². The number of ether oxygens (including phenoxy) is 1. The van der Waals surface area contributed by atoms with Crippen molar-refractivity contribution in [1.82, 2.24) is 0 Å². The highest BCUT2D eigenvalue weighted by Gasteiger charge is 2.38. The van der Waals surface area contributed by atoms with Crippen molar-refractivity contribution in [1.29, 1.82) is 0 Å². The van der Waals surface area contributed by atoms with E-state index >= 15 is 0 Å². The average molecular weight is 303 g/mol. The second-order valence-electron chi connectivity index (χ2n) is 4.32. The maximum Gasteiger partial charge on any atom is 0.141 e. The second kappa shape index (κ2) is 4.98. The van der Waals surface area contributed by atoms with Gasteiger partial charge in [0.15, 0.2) is 0 Å². The highest BCUT2D eigenvalue weighted by atomic mass is 79.9. The van der Waals surface area contributed by atoms with E-state index in [0.717, 1.165) is 22.2 Å². The van der Waals surface area contributed by atoms with Crippen molar-refractivity contribution in [2.75, 3.05) is 7.11 Å². The molecule has 0 aromatic carbocycles. The first-order chi connectivity index (χ1) is 7.65. The fourth-order valence-corrected chi connectivity index (χ4v) is 3.60. The normalized spacial score (nSPS) is 18.1. The van der Waals surface area contributed by atoms with Gasteiger partial charge in [-0.2, -0.15) is 0 Å². The monoisotopic (exact) mass is 302 g/mol. The summed E-state index contributed by atoms with van der Waals surface area (Å²) in [5.41, 5.74) is -0.138. The fraction of sp³-hybridized carbons (Fsp3) is 0.583. The summed E-state index contributed by atoms with van der Waals surface area (Å²) in [6, 6.07) is 1.99. The Morgan fingerprint density at radius 2 is 2.38 bits per heavy atom. The number of carbonyl (C=O) groups is 1. The zero-order valence-corrected chi connectivity index (χ0v) is 11.7. The smallest absolute Gasteiger partial charge is 0.141 e. The van der Waals surface area contributed by atoms with Gasteiger partial charge >= 0.3 is 0 Å². The quantitative estimate of drug-likeness (QED) is 0.831. The summed E-state index contributed by atoms with van der Waals surface area (Å²) in [6.45, 7) is 0. The van der Waals surface area contributed by atoms with E-state index in [9.17, 15) is 4.79 Å². The number of rotatable bonds is 5. The van der Waals surface area contributed by atoms with Crippen LogP contribution < -0.4 is 0 Å². The topological polar surface area (TPSA) is 26.3 Å². The second-order valence-corrected chi connectivity index (χ2v) is 6.18. The van der Waals surface area contributed by atoms with Gasteiger partial charge in [-0.15, -0.1) is 11.3 Å². The average Bonchev–Trinajstić information content (AvgIpc) is 2.58. The number of ketones is 1. The van der Waals surface area contributed by atoms with Crippen LogP contribution in [0.15, 0.2) is 15.9 Å². The van der Waals surface area contributed by atoms with Gasteiger partial charge in [-0.3, -0.25) is 4.79 Å². The van der Waals surface area contributed by atoms with E-state index in [1.165, 1.54) is 6.42 Å². The largest absolute Gasteiger partial charge is 0.378 e. The van der Waals surface area contributed by atoms with E-state index in [1.807, 2.05) is 11.4 Å². The number of thiophene rings is 1. The third kappa shape index (κ3) is 2.55. The molecule has 0 atom stereocenters. The van der Waals surface area contributed by atoms with Gasteiger partial charge in [-0.25, -0.2) is 0 Å². The summed E-state index contributed by atoms with van der Waals surface area (Å²) in [5, 5.41) is 2.00. The van der Waals surface area contributed by atoms with Gasteiger partial charge in [0.25, 0.3) is 0 Å². The van der Waals surface area contributed by atoms with Crippen LogP contribution in [-0.2, 0) is 16.0 Å². The van der Waals surface area contributed by atoms with Crippen molar-refractivity contribution in [3.63, 3.8) is 0 Å². The molecule has 0 bridgehead atoms. The van der Waals surface area contributed by atoms with Crippen LogP contribution in [0.4, 0.5) is 0 Å². The molecule has 0 aliphatic heterocycles. The summed E-state index contributed by atoms with van der Waals surface area (Å²) in [5.74, 6) is 0.282. The van der Waals surface area contributed by atoms with E-state index in [-0.39, 0.29) is 11.4 Å². The van der Waals surface area contributed by atoms with E-state index in [0.29, 0.717) is 12.8 Å². The highest BCUT2D eigenvalue weighted by molar-refractivity contribution is 9.10. The van der Waals surface area contributed by atoms with E-state index in [2.05, 4.69) is 15.9 Å². The minimum Gasteiger partial charge on any atom is -0.378 e. The Kier molecular flexibility index (Phi) is 3.82. The van der Waals surface area contributed by atoms with Gasteiger partial charge < -0.3 is 4.74 Å². The third-order valence-corrected chi connectivity index (χ3v) is 5.19. The van der Waals surface area contributed by atoms with Crippen LogP contribution in [-0.4, -0.2) is 18.5 Å². The molecule has 0 unspecified atom stereocenters. The van der Waals surface area contributed by atoms with Crippen LogP contribution in [0.2, 0.25) is 0 Å². The van der Waals surface area contributed by atoms with Gasteiger partial charge in [-0.05, 0) is 46.6 Å². The Bertz CT molecular complexity index is 377. The standard InChI is InChI=1S/C12H15BrO2S/c1-15-12(4-2-5-12)8-9(14)7-11-10(13)3-6-16-11/h3,6H,2,4-5,7-8H2,1H3. The first-order valence-electron chi connectivity index (χ1n) is 5.44. The molecule has 1 aliphatic rings. The SMILES string of the molecule is COC1(CC(=O)Cc2sccc2Br)CCC1. The molecular weight excluding hydrogens is 288 g/mol. The lowest BCUT2D eigenvalue weighted by Gasteiger charge is -2.40. The molecule has 2 rings (SSSR count).